The van der Waals surface area contributed by atoms with Gasteiger partial charge >= 0.3 is 0 Å². The summed E-state index contributed by atoms with van der Waals surface area (Å²) in [7, 11) is 1.65. The van der Waals surface area contributed by atoms with E-state index in [1.807, 2.05) is 0 Å². The largest absolute Gasteiger partial charge is 0.396 e. The molecule has 1 rings (SSSR count). The standard InChI is InChI=1S/C10H18N4O3/c1-16-4-2-5-17-6-3-14-7-8(11)9(13-14)10(12)15/h7H,2-6,11H2,1H3,(H2,12,15). The van der Waals surface area contributed by atoms with Crippen LogP contribution in [-0.4, -0.2) is 42.6 Å². The molecular formula is C10H18N4O3. The van der Waals surface area contributed by atoms with Crippen LogP contribution in [0.2, 0.25) is 0 Å². The Morgan fingerprint density at radius 2 is 2.24 bits per heavy atom. The van der Waals surface area contributed by atoms with Gasteiger partial charge in [-0.15, -0.1) is 0 Å². The molecule has 0 aliphatic rings. The average Bonchev–Trinajstić information content (AvgIpc) is 2.65. The fourth-order valence-electron chi connectivity index (χ4n) is 1.31. The quantitative estimate of drug-likeness (QED) is 0.604. The Morgan fingerprint density at radius 3 is 2.82 bits per heavy atom. The molecule has 0 bridgehead atoms. The molecule has 1 heterocycles. The molecule has 0 aliphatic carbocycles. The van der Waals surface area contributed by atoms with Gasteiger partial charge in [-0.1, -0.05) is 0 Å². The van der Waals surface area contributed by atoms with Gasteiger partial charge in [0.2, 0.25) is 0 Å². The Hall–Kier alpha value is -1.60. The number of carbonyl (C=O) groups excluding carboxylic acids is 1. The van der Waals surface area contributed by atoms with Crippen molar-refractivity contribution in [3.05, 3.63) is 11.9 Å². The molecule has 17 heavy (non-hydrogen) atoms. The zero-order valence-corrected chi connectivity index (χ0v) is 9.89. The van der Waals surface area contributed by atoms with Crippen LogP contribution in [0.1, 0.15) is 16.9 Å². The molecule has 1 aromatic heterocycles. The number of ether oxygens (including phenoxy) is 2. The SMILES string of the molecule is COCCCOCCn1cc(N)c(C(N)=O)n1. The summed E-state index contributed by atoms with van der Waals surface area (Å²) in [5.41, 5.74) is 11.1. The van der Waals surface area contributed by atoms with E-state index >= 15 is 0 Å². The molecule has 7 heteroatoms. The summed E-state index contributed by atoms with van der Waals surface area (Å²) >= 11 is 0. The fourth-order valence-corrected chi connectivity index (χ4v) is 1.31. The first-order valence-electron chi connectivity index (χ1n) is 5.34. The summed E-state index contributed by atoms with van der Waals surface area (Å²) in [6.45, 7) is 2.35. The van der Waals surface area contributed by atoms with E-state index in [0.29, 0.717) is 26.4 Å². The first-order valence-corrected chi connectivity index (χ1v) is 5.34. The monoisotopic (exact) mass is 242 g/mol. The summed E-state index contributed by atoms with van der Waals surface area (Å²) in [6.07, 6.45) is 2.42. The third kappa shape index (κ3) is 4.41. The van der Waals surface area contributed by atoms with Crippen molar-refractivity contribution < 1.29 is 14.3 Å². The average molecular weight is 242 g/mol. The van der Waals surface area contributed by atoms with Crippen LogP contribution in [0.5, 0.6) is 0 Å². The maximum absolute atomic E-state index is 10.9. The number of nitrogens with zero attached hydrogens (tertiary/aromatic N) is 2. The molecule has 0 saturated heterocycles. The lowest BCUT2D eigenvalue weighted by atomic mass is 10.4. The molecule has 96 valence electrons. The van der Waals surface area contributed by atoms with E-state index in [0.717, 1.165) is 6.42 Å². The molecule has 1 aromatic rings. The predicted molar refractivity (Wildman–Crippen MR) is 62.5 cm³/mol. The number of hydrogen-bond donors (Lipinski definition) is 2. The highest BCUT2D eigenvalue weighted by atomic mass is 16.5. The van der Waals surface area contributed by atoms with Crippen LogP contribution in [0.15, 0.2) is 6.20 Å². The molecule has 7 nitrogen and oxygen atoms in total. The zero-order chi connectivity index (χ0) is 12.7. The van der Waals surface area contributed by atoms with Crippen molar-refractivity contribution in [2.24, 2.45) is 5.73 Å². The molecule has 0 saturated carbocycles. The van der Waals surface area contributed by atoms with E-state index in [1.165, 1.54) is 0 Å². The molecular weight excluding hydrogens is 224 g/mol. The Kier molecular flexibility index (Phi) is 5.44. The highest BCUT2D eigenvalue weighted by Gasteiger charge is 2.10. The first-order chi connectivity index (χ1) is 8.15. The molecule has 0 aliphatic heterocycles. The van der Waals surface area contributed by atoms with Crippen molar-refractivity contribution >= 4 is 11.6 Å². The Labute approximate surface area is 99.7 Å². The lowest BCUT2D eigenvalue weighted by Crippen LogP contribution is -2.15. The molecule has 4 N–H and O–H groups in total. The molecule has 0 aromatic carbocycles. The number of hydrogen-bond acceptors (Lipinski definition) is 5. The maximum atomic E-state index is 10.9. The van der Waals surface area contributed by atoms with Crippen LogP contribution < -0.4 is 11.5 Å². The van der Waals surface area contributed by atoms with Gasteiger partial charge in [0, 0.05) is 26.5 Å². The van der Waals surface area contributed by atoms with Gasteiger partial charge in [-0.25, -0.2) is 0 Å². The van der Waals surface area contributed by atoms with E-state index in [4.69, 9.17) is 20.9 Å². The van der Waals surface area contributed by atoms with Gasteiger partial charge in [0.05, 0.1) is 18.8 Å². The van der Waals surface area contributed by atoms with Crippen molar-refractivity contribution in [3.63, 3.8) is 0 Å². The minimum absolute atomic E-state index is 0.101. The highest BCUT2D eigenvalue weighted by Crippen LogP contribution is 2.07. The second kappa shape index (κ2) is 6.87. The van der Waals surface area contributed by atoms with Crippen LogP contribution in [0.3, 0.4) is 0 Å². The molecule has 1 amide bonds. The van der Waals surface area contributed by atoms with Crippen molar-refractivity contribution in [1.29, 1.82) is 0 Å². The van der Waals surface area contributed by atoms with Crippen molar-refractivity contribution in [1.82, 2.24) is 9.78 Å². The number of amides is 1. The van der Waals surface area contributed by atoms with E-state index < -0.39 is 5.91 Å². The number of anilines is 1. The topological polar surface area (TPSA) is 105 Å². The maximum Gasteiger partial charge on any atom is 0.271 e. The van der Waals surface area contributed by atoms with Gasteiger partial charge in [0.15, 0.2) is 5.69 Å². The van der Waals surface area contributed by atoms with Crippen molar-refractivity contribution in [3.8, 4) is 0 Å². The number of nitrogen functional groups attached to an aromatic ring is 1. The van der Waals surface area contributed by atoms with Gasteiger partial charge in [-0.3, -0.25) is 9.48 Å². The normalized spacial score (nSPS) is 10.6. The van der Waals surface area contributed by atoms with E-state index in [-0.39, 0.29) is 11.4 Å². The van der Waals surface area contributed by atoms with Crippen LogP contribution in [-0.2, 0) is 16.0 Å². The van der Waals surface area contributed by atoms with Gasteiger partial charge in [-0.2, -0.15) is 5.10 Å². The van der Waals surface area contributed by atoms with Crippen LogP contribution in [0.4, 0.5) is 5.69 Å². The summed E-state index contributed by atoms with van der Waals surface area (Å²) in [4.78, 5) is 10.9. The number of carbonyl (C=O) groups is 1. The van der Waals surface area contributed by atoms with Crippen molar-refractivity contribution in [2.45, 2.75) is 13.0 Å². The number of primary amides is 1. The zero-order valence-electron chi connectivity index (χ0n) is 9.89. The third-order valence-electron chi connectivity index (χ3n) is 2.13. The smallest absolute Gasteiger partial charge is 0.271 e. The number of rotatable bonds is 8. The Balaban J connectivity index is 2.27. The summed E-state index contributed by atoms with van der Waals surface area (Å²) < 4.78 is 11.8. The molecule has 0 unspecified atom stereocenters. The first kappa shape index (κ1) is 13.5. The summed E-state index contributed by atoms with van der Waals surface area (Å²) in [6, 6.07) is 0. The minimum atomic E-state index is -0.623. The molecule has 0 fully saturated rings. The van der Waals surface area contributed by atoms with Crippen LogP contribution in [0, 0.1) is 0 Å². The fraction of sp³-hybridized carbons (Fsp3) is 0.600. The number of methoxy groups -OCH3 is 1. The summed E-state index contributed by atoms with van der Waals surface area (Å²) in [5, 5.41) is 3.96. The highest BCUT2D eigenvalue weighted by molar-refractivity contribution is 5.95. The lowest BCUT2D eigenvalue weighted by Gasteiger charge is -2.03. The second-order valence-corrected chi connectivity index (χ2v) is 3.52. The van der Waals surface area contributed by atoms with Gasteiger partial charge in [-0.05, 0) is 6.42 Å². The molecule has 0 radical (unpaired) electrons. The second-order valence-electron chi connectivity index (χ2n) is 3.52. The van der Waals surface area contributed by atoms with Gasteiger partial charge in [0.1, 0.15) is 0 Å². The van der Waals surface area contributed by atoms with Gasteiger partial charge in [0.25, 0.3) is 5.91 Å². The molecule has 0 spiro atoms. The van der Waals surface area contributed by atoms with E-state index in [2.05, 4.69) is 5.10 Å². The van der Waals surface area contributed by atoms with Crippen LogP contribution >= 0.6 is 0 Å². The lowest BCUT2D eigenvalue weighted by molar-refractivity contribution is 0.0950. The number of nitrogens with two attached hydrogens (primary N) is 2. The summed E-state index contributed by atoms with van der Waals surface area (Å²) in [5.74, 6) is -0.623. The van der Waals surface area contributed by atoms with Gasteiger partial charge < -0.3 is 20.9 Å². The molecule has 0 atom stereocenters. The predicted octanol–water partition coefficient (Wildman–Crippen LogP) is -0.383. The van der Waals surface area contributed by atoms with Crippen molar-refractivity contribution in [2.75, 3.05) is 32.7 Å². The van der Waals surface area contributed by atoms with E-state index in [1.54, 1.807) is 18.0 Å². The van der Waals surface area contributed by atoms with E-state index in [9.17, 15) is 4.79 Å². The Morgan fingerprint density at radius 1 is 1.47 bits per heavy atom. The Bertz CT molecular complexity index is 364. The minimum Gasteiger partial charge on any atom is -0.396 e. The third-order valence-corrected chi connectivity index (χ3v) is 2.13. The van der Waals surface area contributed by atoms with Crippen LogP contribution in [0.25, 0.3) is 0 Å². The number of aromatic nitrogens is 2.